The fraction of sp³-hybridized carbons (Fsp3) is 0.250. The highest BCUT2D eigenvalue weighted by molar-refractivity contribution is 5.48. The van der Waals surface area contributed by atoms with Gasteiger partial charge in [-0.05, 0) is 0 Å². The van der Waals surface area contributed by atoms with Crippen LogP contribution in [0.25, 0.3) is 0 Å². The lowest BCUT2D eigenvalue weighted by Crippen LogP contribution is -2.18. The second kappa shape index (κ2) is 4.65. The van der Waals surface area contributed by atoms with E-state index in [2.05, 4.69) is 9.72 Å². The van der Waals surface area contributed by atoms with Crippen molar-refractivity contribution in [2.75, 3.05) is 0 Å². The van der Waals surface area contributed by atoms with Crippen LogP contribution in [0.4, 0.5) is 18.9 Å². The highest BCUT2D eigenvalue weighted by Crippen LogP contribution is 2.31. The zero-order valence-corrected chi connectivity index (χ0v) is 8.06. The molecule has 0 spiro atoms. The highest BCUT2D eigenvalue weighted by Gasteiger charge is 2.34. The highest BCUT2D eigenvalue weighted by atomic mass is 19.4. The molecule has 0 amide bonds. The molecule has 0 saturated heterocycles. The predicted octanol–water partition coefficient (Wildman–Crippen LogP) is 1.95. The van der Waals surface area contributed by atoms with E-state index in [0.717, 1.165) is 6.20 Å². The number of halogens is 3. The first-order chi connectivity index (χ1) is 7.85. The van der Waals surface area contributed by atoms with Crippen molar-refractivity contribution >= 4 is 5.69 Å². The van der Waals surface area contributed by atoms with E-state index in [1.807, 2.05) is 0 Å². The lowest BCUT2D eigenvalue weighted by molar-refractivity contribution is -0.386. The van der Waals surface area contributed by atoms with E-state index in [-0.39, 0.29) is 0 Å². The summed E-state index contributed by atoms with van der Waals surface area (Å²) in [4.78, 5) is 12.9. The third kappa shape index (κ3) is 3.30. The smallest absolute Gasteiger partial charge is 0.404 e. The summed E-state index contributed by atoms with van der Waals surface area (Å²) in [5.41, 5.74) is -1.14. The van der Waals surface area contributed by atoms with Crippen molar-refractivity contribution in [3.63, 3.8) is 0 Å². The molecule has 0 atom stereocenters. The average Bonchev–Trinajstić information content (AvgIpc) is 2.18. The maximum atomic E-state index is 12.0. The molecule has 0 unspecified atom stereocenters. The molecule has 0 aliphatic heterocycles. The number of ether oxygens (including phenoxy) is 1. The number of nitrogens with zero attached hydrogens (tertiary/aromatic N) is 3. The molecule has 17 heavy (non-hydrogen) atoms. The van der Waals surface area contributed by atoms with E-state index in [9.17, 15) is 23.3 Å². The molecule has 0 aliphatic carbocycles. The topological polar surface area (TPSA) is 89.0 Å². The lowest BCUT2D eigenvalue weighted by Gasteiger charge is -2.10. The summed E-state index contributed by atoms with van der Waals surface area (Å²) in [7, 11) is 0. The van der Waals surface area contributed by atoms with Crippen LogP contribution in [0.3, 0.4) is 0 Å². The molecule has 1 heterocycles. The van der Waals surface area contributed by atoms with Gasteiger partial charge in [-0.3, -0.25) is 15.1 Å². The predicted molar refractivity (Wildman–Crippen MR) is 46.9 cm³/mol. The first-order valence-corrected chi connectivity index (χ1v) is 4.09. The Kier molecular flexibility index (Phi) is 3.47. The second-order valence-corrected chi connectivity index (χ2v) is 2.78. The molecule has 9 heteroatoms. The van der Waals surface area contributed by atoms with Crippen LogP contribution >= 0.6 is 0 Å². The molecule has 0 radical (unpaired) electrons. The quantitative estimate of drug-likeness (QED) is 0.601. The molecule has 1 aromatic rings. The van der Waals surface area contributed by atoms with Gasteiger partial charge in [0.15, 0.2) is 5.75 Å². The van der Waals surface area contributed by atoms with Gasteiger partial charge < -0.3 is 4.74 Å². The molecule has 0 saturated carbocycles. The summed E-state index contributed by atoms with van der Waals surface area (Å²) in [6.45, 7) is 0. The van der Waals surface area contributed by atoms with Gasteiger partial charge in [0.1, 0.15) is 6.20 Å². The molecule has 90 valence electrons. The Balaban J connectivity index is 3.26. The molecule has 0 N–H and O–H groups in total. The number of aromatic nitrogens is 1. The van der Waals surface area contributed by atoms with E-state index in [4.69, 9.17) is 5.26 Å². The molecule has 0 fully saturated rings. The Bertz CT molecular complexity index is 481. The Morgan fingerprint density at radius 1 is 1.53 bits per heavy atom. The third-order valence-corrected chi connectivity index (χ3v) is 1.67. The van der Waals surface area contributed by atoms with Crippen LogP contribution in [0.1, 0.15) is 5.56 Å². The van der Waals surface area contributed by atoms with Crippen molar-refractivity contribution < 1.29 is 22.8 Å². The summed E-state index contributed by atoms with van der Waals surface area (Å²) in [6.07, 6.45) is -4.14. The summed E-state index contributed by atoms with van der Waals surface area (Å²) in [5, 5.41) is 19.0. The van der Waals surface area contributed by atoms with Crippen LogP contribution in [-0.4, -0.2) is 16.3 Å². The number of hydrogen-bond donors (Lipinski definition) is 0. The van der Waals surface area contributed by atoms with Crippen LogP contribution in [0.15, 0.2) is 12.4 Å². The average molecular weight is 247 g/mol. The molecule has 0 bridgehead atoms. The first kappa shape index (κ1) is 12.7. The summed E-state index contributed by atoms with van der Waals surface area (Å²) in [6, 6.07) is 1.53. The van der Waals surface area contributed by atoms with Crippen molar-refractivity contribution in [2.45, 2.75) is 12.8 Å². The van der Waals surface area contributed by atoms with Gasteiger partial charge >= 0.3 is 6.36 Å². The summed E-state index contributed by atoms with van der Waals surface area (Å²) >= 11 is 0. The SMILES string of the molecule is N#CCc1c(OC(F)(F)F)cncc1[N+](=O)[O-]. The van der Waals surface area contributed by atoms with E-state index in [1.165, 1.54) is 6.07 Å². The molecule has 1 rings (SSSR count). The van der Waals surface area contributed by atoms with Crippen LogP contribution in [0, 0.1) is 21.4 Å². The zero-order chi connectivity index (χ0) is 13.1. The maximum absolute atomic E-state index is 12.0. The fourth-order valence-corrected chi connectivity index (χ4v) is 1.08. The minimum atomic E-state index is -5.00. The molecular formula is C8H4F3N3O3. The number of nitro groups is 1. The van der Waals surface area contributed by atoms with Gasteiger partial charge in [-0.25, -0.2) is 0 Å². The fourth-order valence-electron chi connectivity index (χ4n) is 1.08. The van der Waals surface area contributed by atoms with Crippen LogP contribution < -0.4 is 4.74 Å². The van der Waals surface area contributed by atoms with Crippen molar-refractivity contribution in [2.24, 2.45) is 0 Å². The Morgan fingerprint density at radius 2 is 2.18 bits per heavy atom. The van der Waals surface area contributed by atoms with Gasteiger partial charge in [0.05, 0.1) is 29.2 Å². The Labute approximate surface area is 92.4 Å². The van der Waals surface area contributed by atoms with Crippen LogP contribution in [-0.2, 0) is 6.42 Å². The maximum Gasteiger partial charge on any atom is 0.573 e. The van der Waals surface area contributed by atoms with Gasteiger partial charge in [-0.15, -0.1) is 13.2 Å². The zero-order valence-electron chi connectivity index (χ0n) is 8.06. The van der Waals surface area contributed by atoms with Gasteiger partial charge in [0.25, 0.3) is 5.69 Å². The number of alkyl halides is 3. The minimum Gasteiger partial charge on any atom is -0.404 e. The van der Waals surface area contributed by atoms with Gasteiger partial charge in [-0.2, -0.15) is 5.26 Å². The van der Waals surface area contributed by atoms with Gasteiger partial charge in [-0.1, -0.05) is 0 Å². The van der Waals surface area contributed by atoms with Crippen LogP contribution in [0.2, 0.25) is 0 Å². The standard InChI is InChI=1S/C8H4F3N3O3/c9-8(10,11)17-7-4-13-3-6(14(15)16)5(7)1-2-12/h3-4H,1H2. The minimum absolute atomic E-state index is 0.454. The Hall–Kier alpha value is -2.37. The van der Waals surface area contributed by atoms with Crippen LogP contribution in [0.5, 0.6) is 5.75 Å². The molecule has 1 aromatic heterocycles. The lowest BCUT2D eigenvalue weighted by atomic mass is 10.1. The van der Waals surface area contributed by atoms with Crippen molar-refractivity contribution in [1.29, 1.82) is 5.26 Å². The number of nitriles is 1. The largest absolute Gasteiger partial charge is 0.573 e. The number of rotatable bonds is 3. The van der Waals surface area contributed by atoms with E-state index < -0.39 is 34.7 Å². The molecule has 6 nitrogen and oxygen atoms in total. The number of hydrogen-bond acceptors (Lipinski definition) is 5. The Morgan fingerprint density at radius 3 is 2.65 bits per heavy atom. The summed E-state index contributed by atoms with van der Waals surface area (Å²) in [5.74, 6) is -0.840. The molecular weight excluding hydrogens is 243 g/mol. The monoisotopic (exact) mass is 247 g/mol. The molecule has 0 aromatic carbocycles. The van der Waals surface area contributed by atoms with Gasteiger partial charge in [0.2, 0.25) is 0 Å². The third-order valence-electron chi connectivity index (χ3n) is 1.67. The van der Waals surface area contributed by atoms with Crippen molar-refractivity contribution in [3.05, 3.63) is 28.1 Å². The van der Waals surface area contributed by atoms with E-state index in [1.54, 1.807) is 0 Å². The van der Waals surface area contributed by atoms with E-state index >= 15 is 0 Å². The van der Waals surface area contributed by atoms with Crippen molar-refractivity contribution in [3.8, 4) is 11.8 Å². The number of pyridine rings is 1. The first-order valence-electron chi connectivity index (χ1n) is 4.09. The van der Waals surface area contributed by atoms with E-state index in [0.29, 0.717) is 6.20 Å². The summed E-state index contributed by atoms with van der Waals surface area (Å²) < 4.78 is 39.5. The van der Waals surface area contributed by atoms with Gasteiger partial charge in [0, 0.05) is 0 Å². The normalized spacial score (nSPS) is 10.7. The van der Waals surface area contributed by atoms with Crippen molar-refractivity contribution in [1.82, 2.24) is 4.98 Å². The second-order valence-electron chi connectivity index (χ2n) is 2.78. The molecule has 0 aliphatic rings.